The van der Waals surface area contributed by atoms with Crippen LogP contribution in [0.4, 0.5) is 4.39 Å². The number of piperidine rings is 1. The molecule has 128 valence electrons. The predicted octanol–water partition coefficient (Wildman–Crippen LogP) is 2.16. The minimum Gasteiger partial charge on any atom is -0.297 e. The van der Waals surface area contributed by atoms with Crippen molar-refractivity contribution >= 4 is 10.0 Å². The number of hydrogen-bond donors (Lipinski definition) is 1. The SMILES string of the molecule is O=S(=O)(N[C@@H]1CCCN(Cc2cccnc2)C1)c1cccc(F)c1. The van der Waals surface area contributed by atoms with Crippen LogP contribution < -0.4 is 4.72 Å². The number of rotatable bonds is 5. The van der Waals surface area contributed by atoms with Crippen LogP contribution in [0.5, 0.6) is 0 Å². The lowest BCUT2D eigenvalue weighted by Crippen LogP contribution is -2.47. The van der Waals surface area contributed by atoms with Gasteiger partial charge in [-0.3, -0.25) is 9.88 Å². The molecule has 1 fully saturated rings. The highest BCUT2D eigenvalue weighted by Gasteiger charge is 2.25. The summed E-state index contributed by atoms with van der Waals surface area (Å²) in [6.45, 7) is 2.29. The smallest absolute Gasteiger partial charge is 0.240 e. The molecule has 2 heterocycles. The van der Waals surface area contributed by atoms with Crippen LogP contribution in [0.1, 0.15) is 18.4 Å². The van der Waals surface area contributed by atoms with E-state index in [0.29, 0.717) is 6.54 Å². The first kappa shape index (κ1) is 17.0. The van der Waals surface area contributed by atoms with Crippen molar-refractivity contribution in [3.63, 3.8) is 0 Å². The average Bonchev–Trinajstić information content (AvgIpc) is 2.56. The Labute approximate surface area is 141 Å². The molecule has 0 saturated carbocycles. The summed E-state index contributed by atoms with van der Waals surface area (Å²) in [4.78, 5) is 6.28. The van der Waals surface area contributed by atoms with E-state index in [1.165, 1.54) is 18.2 Å². The first-order chi connectivity index (χ1) is 11.5. The van der Waals surface area contributed by atoms with E-state index >= 15 is 0 Å². The number of sulfonamides is 1. The van der Waals surface area contributed by atoms with Crippen molar-refractivity contribution in [2.45, 2.75) is 30.3 Å². The summed E-state index contributed by atoms with van der Waals surface area (Å²) in [5.41, 5.74) is 1.10. The lowest BCUT2D eigenvalue weighted by molar-refractivity contribution is 0.194. The second-order valence-electron chi connectivity index (χ2n) is 6.01. The van der Waals surface area contributed by atoms with Crippen molar-refractivity contribution in [1.29, 1.82) is 0 Å². The Morgan fingerprint density at radius 1 is 1.29 bits per heavy atom. The molecule has 0 amide bonds. The van der Waals surface area contributed by atoms with Crippen LogP contribution in [0.2, 0.25) is 0 Å². The summed E-state index contributed by atoms with van der Waals surface area (Å²) in [5.74, 6) is -0.556. The maximum absolute atomic E-state index is 13.3. The first-order valence-corrected chi connectivity index (χ1v) is 9.40. The Kier molecular flexibility index (Phi) is 5.23. The van der Waals surface area contributed by atoms with E-state index in [1.807, 2.05) is 18.3 Å². The van der Waals surface area contributed by atoms with Crippen molar-refractivity contribution in [2.24, 2.45) is 0 Å². The van der Waals surface area contributed by atoms with Crippen molar-refractivity contribution < 1.29 is 12.8 Å². The minimum atomic E-state index is -3.71. The van der Waals surface area contributed by atoms with Crippen LogP contribution in [-0.4, -0.2) is 37.4 Å². The van der Waals surface area contributed by atoms with Gasteiger partial charge in [0.15, 0.2) is 0 Å². The third kappa shape index (κ3) is 4.37. The molecule has 24 heavy (non-hydrogen) atoms. The lowest BCUT2D eigenvalue weighted by atomic mass is 10.1. The third-order valence-corrected chi connectivity index (χ3v) is 5.58. The molecule has 1 aromatic heterocycles. The van der Waals surface area contributed by atoms with E-state index in [9.17, 15) is 12.8 Å². The number of hydrogen-bond acceptors (Lipinski definition) is 4. The van der Waals surface area contributed by atoms with Gasteiger partial charge in [-0.25, -0.2) is 17.5 Å². The van der Waals surface area contributed by atoms with Gasteiger partial charge in [0, 0.05) is 31.5 Å². The fraction of sp³-hybridized carbons (Fsp3) is 0.353. The second-order valence-corrected chi connectivity index (χ2v) is 7.73. The number of aromatic nitrogens is 1. The van der Waals surface area contributed by atoms with Crippen molar-refractivity contribution in [3.8, 4) is 0 Å². The third-order valence-electron chi connectivity index (χ3n) is 4.06. The van der Waals surface area contributed by atoms with Gasteiger partial charge in [-0.15, -0.1) is 0 Å². The molecule has 5 nitrogen and oxygen atoms in total. The summed E-state index contributed by atoms with van der Waals surface area (Å²) >= 11 is 0. The van der Waals surface area contributed by atoms with E-state index in [-0.39, 0.29) is 10.9 Å². The summed E-state index contributed by atoms with van der Waals surface area (Å²) in [6.07, 6.45) is 5.24. The maximum atomic E-state index is 13.3. The van der Waals surface area contributed by atoms with Gasteiger partial charge in [0.2, 0.25) is 10.0 Å². The molecule has 1 aliphatic rings. The molecule has 1 atom stereocenters. The molecule has 7 heteroatoms. The number of nitrogens with one attached hydrogen (secondary N) is 1. The molecular weight excluding hydrogens is 329 g/mol. The van der Waals surface area contributed by atoms with Crippen LogP contribution >= 0.6 is 0 Å². The zero-order chi connectivity index (χ0) is 17.0. The Balaban J connectivity index is 1.64. The number of nitrogens with zero attached hydrogens (tertiary/aromatic N) is 2. The van der Waals surface area contributed by atoms with Crippen LogP contribution in [0, 0.1) is 5.82 Å². The summed E-state index contributed by atoms with van der Waals surface area (Å²) in [5, 5.41) is 0. The van der Waals surface area contributed by atoms with E-state index < -0.39 is 15.8 Å². The van der Waals surface area contributed by atoms with Crippen molar-refractivity contribution in [1.82, 2.24) is 14.6 Å². The quantitative estimate of drug-likeness (QED) is 0.899. The van der Waals surface area contributed by atoms with Crippen LogP contribution in [0.15, 0.2) is 53.7 Å². The molecular formula is C17H20FN3O2S. The largest absolute Gasteiger partial charge is 0.297 e. The highest BCUT2D eigenvalue weighted by atomic mass is 32.2. The Bertz CT molecular complexity index is 783. The number of likely N-dealkylation sites (tertiary alicyclic amines) is 1. The van der Waals surface area contributed by atoms with Crippen molar-refractivity contribution in [3.05, 3.63) is 60.2 Å². The van der Waals surface area contributed by atoms with E-state index in [1.54, 1.807) is 6.20 Å². The molecule has 0 radical (unpaired) electrons. The molecule has 3 rings (SSSR count). The monoisotopic (exact) mass is 349 g/mol. The van der Waals surface area contributed by atoms with Gasteiger partial charge in [-0.1, -0.05) is 12.1 Å². The zero-order valence-electron chi connectivity index (χ0n) is 13.2. The first-order valence-electron chi connectivity index (χ1n) is 7.92. The average molecular weight is 349 g/mol. The Hall–Kier alpha value is -1.83. The Morgan fingerprint density at radius 2 is 2.17 bits per heavy atom. The zero-order valence-corrected chi connectivity index (χ0v) is 14.0. The van der Waals surface area contributed by atoms with Gasteiger partial charge in [0.1, 0.15) is 5.82 Å². The van der Waals surface area contributed by atoms with Gasteiger partial charge < -0.3 is 0 Å². The van der Waals surface area contributed by atoms with Gasteiger partial charge in [-0.2, -0.15) is 0 Å². The number of pyridine rings is 1. The normalized spacial score (nSPS) is 19.3. The molecule has 0 unspecified atom stereocenters. The minimum absolute atomic E-state index is 0.0353. The second kappa shape index (κ2) is 7.38. The molecule has 1 aromatic carbocycles. The van der Waals surface area contributed by atoms with E-state index in [0.717, 1.165) is 37.6 Å². The highest BCUT2D eigenvalue weighted by molar-refractivity contribution is 7.89. The summed E-state index contributed by atoms with van der Waals surface area (Å²) in [7, 11) is -3.71. The van der Waals surface area contributed by atoms with E-state index in [2.05, 4.69) is 14.6 Å². The number of halogens is 1. The Morgan fingerprint density at radius 3 is 2.92 bits per heavy atom. The predicted molar refractivity (Wildman–Crippen MR) is 89.3 cm³/mol. The molecule has 0 spiro atoms. The fourth-order valence-electron chi connectivity index (χ4n) is 2.97. The van der Waals surface area contributed by atoms with Gasteiger partial charge in [-0.05, 0) is 49.2 Å². The van der Waals surface area contributed by atoms with Crippen LogP contribution in [0.25, 0.3) is 0 Å². The summed E-state index contributed by atoms with van der Waals surface area (Å²) < 4.78 is 40.8. The topological polar surface area (TPSA) is 62.3 Å². The lowest BCUT2D eigenvalue weighted by Gasteiger charge is -2.32. The molecule has 0 aliphatic carbocycles. The number of benzene rings is 1. The van der Waals surface area contributed by atoms with Crippen LogP contribution in [-0.2, 0) is 16.6 Å². The molecule has 1 aliphatic heterocycles. The van der Waals surface area contributed by atoms with Crippen molar-refractivity contribution in [2.75, 3.05) is 13.1 Å². The highest BCUT2D eigenvalue weighted by Crippen LogP contribution is 2.17. The molecule has 2 aromatic rings. The van der Waals surface area contributed by atoms with Gasteiger partial charge in [0.25, 0.3) is 0 Å². The van der Waals surface area contributed by atoms with Gasteiger partial charge >= 0.3 is 0 Å². The summed E-state index contributed by atoms with van der Waals surface area (Å²) in [6, 6.07) is 8.80. The molecule has 1 saturated heterocycles. The maximum Gasteiger partial charge on any atom is 0.240 e. The van der Waals surface area contributed by atoms with Gasteiger partial charge in [0.05, 0.1) is 4.90 Å². The standard InChI is InChI=1S/C17H20FN3O2S/c18-15-5-1-7-17(10-15)24(22,23)20-16-6-3-9-21(13-16)12-14-4-2-8-19-11-14/h1-2,4-5,7-8,10-11,16,20H,3,6,9,12-13H2/t16-/m1/s1. The van der Waals surface area contributed by atoms with Crippen LogP contribution in [0.3, 0.4) is 0 Å². The molecule has 0 bridgehead atoms. The fourth-order valence-corrected chi connectivity index (χ4v) is 4.26. The van der Waals surface area contributed by atoms with E-state index in [4.69, 9.17) is 0 Å². The molecule has 1 N–H and O–H groups in total.